The van der Waals surface area contributed by atoms with Crippen LogP contribution in [0, 0.1) is 0 Å². The van der Waals surface area contributed by atoms with Crippen LogP contribution in [0.4, 0.5) is 5.69 Å². The summed E-state index contributed by atoms with van der Waals surface area (Å²) >= 11 is 0. The lowest BCUT2D eigenvalue weighted by atomic mass is 10.0. The van der Waals surface area contributed by atoms with Gasteiger partial charge in [0.15, 0.2) is 0 Å². The van der Waals surface area contributed by atoms with E-state index in [1.54, 1.807) is 0 Å². The van der Waals surface area contributed by atoms with Crippen molar-refractivity contribution in [2.75, 3.05) is 57.7 Å². The molecule has 0 spiro atoms. The maximum Gasteiger partial charge on any atom is 0.238 e. The van der Waals surface area contributed by atoms with Crippen LogP contribution in [0.1, 0.15) is 12.8 Å². The minimum absolute atomic E-state index is 0.0000238. The Labute approximate surface area is 178 Å². The lowest BCUT2D eigenvalue weighted by Crippen LogP contribution is -2.51. The van der Waals surface area contributed by atoms with Crippen LogP contribution >= 0.6 is 0 Å². The fraction of sp³-hybridized carbons (Fsp3) is 0.417. The van der Waals surface area contributed by atoms with Gasteiger partial charge < -0.3 is 10.2 Å². The monoisotopic (exact) mass is 406 g/mol. The van der Waals surface area contributed by atoms with E-state index in [0.29, 0.717) is 13.1 Å². The largest absolute Gasteiger partial charge is 0.342 e. The number of carbonyl (C=O) groups is 2. The van der Waals surface area contributed by atoms with Gasteiger partial charge in [0.2, 0.25) is 11.8 Å². The zero-order valence-electron chi connectivity index (χ0n) is 17.4. The molecular formula is C24H30N4O2. The molecule has 0 bridgehead atoms. The summed E-state index contributed by atoms with van der Waals surface area (Å²) in [6, 6.07) is 18.0. The maximum atomic E-state index is 12.7. The van der Waals surface area contributed by atoms with Crippen molar-refractivity contribution in [2.24, 2.45) is 0 Å². The quantitative estimate of drug-likeness (QED) is 0.801. The molecule has 2 heterocycles. The molecule has 2 fully saturated rings. The normalized spacial score (nSPS) is 17.8. The molecule has 158 valence electrons. The number of amides is 2. The minimum Gasteiger partial charge on any atom is -0.342 e. The fourth-order valence-corrected chi connectivity index (χ4v) is 4.22. The molecule has 6 heteroatoms. The second-order valence-corrected chi connectivity index (χ2v) is 8.10. The van der Waals surface area contributed by atoms with E-state index >= 15 is 0 Å². The minimum atomic E-state index is -0.0000238. The van der Waals surface area contributed by atoms with Crippen molar-refractivity contribution in [2.45, 2.75) is 12.8 Å². The van der Waals surface area contributed by atoms with Crippen molar-refractivity contribution >= 4 is 17.5 Å². The van der Waals surface area contributed by atoms with Gasteiger partial charge in [-0.25, -0.2) is 0 Å². The Kier molecular flexibility index (Phi) is 6.77. The van der Waals surface area contributed by atoms with Gasteiger partial charge in [0.25, 0.3) is 0 Å². The van der Waals surface area contributed by atoms with Gasteiger partial charge >= 0.3 is 0 Å². The fourth-order valence-electron chi connectivity index (χ4n) is 4.22. The van der Waals surface area contributed by atoms with Gasteiger partial charge in [-0.2, -0.15) is 0 Å². The van der Waals surface area contributed by atoms with E-state index in [-0.39, 0.29) is 11.8 Å². The molecule has 2 aliphatic heterocycles. The third-order valence-electron chi connectivity index (χ3n) is 5.94. The van der Waals surface area contributed by atoms with Crippen LogP contribution in [-0.4, -0.2) is 78.9 Å². The van der Waals surface area contributed by atoms with Crippen LogP contribution in [0.15, 0.2) is 54.6 Å². The number of benzene rings is 2. The highest BCUT2D eigenvalue weighted by Crippen LogP contribution is 2.27. The van der Waals surface area contributed by atoms with Crippen LogP contribution in [0.25, 0.3) is 11.1 Å². The van der Waals surface area contributed by atoms with Crippen LogP contribution in [0.2, 0.25) is 0 Å². The molecule has 0 unspecified atom stereocenters. The molecule has 2 aromatic rings. The number of para-hydroxylation sites is 1. The highest BCUT2D eigenvalue weighted by molar-refractivity contribution is 5.96. The van der Waals surface area contributed by atoms with Crippen LogP contribution in [0.5, 0.6) is 0 Å². The molecule has 0 atom stereocenters. The van der Waals surface area contributed by atoms with E-state index in [9.17, 15) is 9.59 Å². The van der Waals surface area contributed by atoms with Gasteiger partial charge in [-0.05, 0) is 24.5 Å². The van der Waals surface area contributed by atoms with Crippen molar-refractivity contribution in [1.29, 1.82) is 0 Å². The number of carbonyl (C=O) groups excluding carboxylic acids is 2. The van der Waals surface area contributed by atoms with Gasteiger partial charge in [-0.1, -0.05) is 48.5 Å². The van der Waals surface area contributed by atoms with Gasteiger partial charge in [0.1, 0.15) is 0 Å². The smallest absolute Gasteiger partial charge is 0.238 e. The lowest BCUT2D eigenvalue weighted by molar-refractivity contribution is -0.132. The van der Waals surface area contributed by atoms with Crippen molar-refractivity contribution in [1.82, 2.24) is 14.7 Å². The first-order valence-corrected chi connectivity index (χ1v) is 10.9. The van der Waals surface area contributed by atoms with E-state index in [1.165, 1.54) is 0 Å². The number of rotatable bonds is 6. The van der Waals surface area contributed by atoms with E-state index in [2.05, 4.69) is 15.1 Å². The molecular weight excluding hydrogens is 376 g/mol. The SMILES string of the molecule is O=C(CN1CCN(CC(=O)N2CCCC2)CC1)Nc1ccccc1-c1ccccc1. The molecule has 2 amide bonds. The molecule has 6 nitrogen and oxygen atoms in total. The van der Waals surface area contributed by atoms with Crippen LogP contribution in [0.3, 0.4) is 0 Å². The third kappa shape index (κ3) is 5.26. The second kappa shape index (κ2) is 9.87. The summed E-state index contributed by atoms with van der Waals surface area (Å²) in [6.07, 6.45) is 2.25. The van der Waals surface area contributed by atoms with Gasteiger partial charge in [-0.3, -0.25) is 19.4 Å². The van der Waals surface area contributed by atoms with Crippen molar-refractivity contribution in [3.05, 3.63) is 54.6 Å². The van der Waals surface area contributed by atoms with E-state index in [4.69, 9.17) is 0 Å². The molecule has 0 radical (unpaired) electrons. The molecule has 0 saturated carbocycles. The predicted molar refractivity (Wildman–Crippen MR) is 119 cm³/mol. The van der Waals surface area contributed by atoms with E-state index in [1.807, 2.05) is 59.5 Å². The summed E-state index contributed by atoms with van der Waals surface area (Å²) in [4.78, 5) is 31.4. The molecule has 0 aromatic heterocycles. The molecule has 1 N–H and O–H groups in total. The summed E-state index contributed by atoms with van der Waals surface area (Å²) < 4.78 is 0. The first-order valence-electron chi connectivity index (χ1n) is 10.9. The molecule has 2 aromatic carbocycles. The van der Waals surface area contributed by atoms with Crippen LogP contribution < -0.4 is 5.32 Å². The first-order chi connectivity index (χ1) is 14.7. The number of nitrogens with zero attached hydrogens (tertiary/aromatic N) is 3. The number of anilines is 1. The first kappa shape index (κ1) is 20.6. The highest BCUT2D eigenvalue weighted by Gasteiger charge is 2.24. The number of hydrogen-bond donors (Lipinski definition) is 1. The van der Waals surface area contributed by atoms with Crippen molar-refractivity contribution < 1.29 is 9.59 Å². The molecule has 2 aliphatic rings. The molecule has 0 aliphatic carbocycles. The van der Waals surface area contributed by atoms with Crippen molar-refractivity contribution in [3.8, 4) is 11.1 Å². The number of piperazine rings is 1. The Morgan fingerprint density at radius 1 is 0.733 bits per heavy atom. The number of nitrogens with one attached hydrogen (secondary N) is 1. The summed E-state index contributed by atoms with van der Waals surface area (Å²) in [5, 5.41) is 3.08. The Hall–Kier alpha value is -2.70. The Balaban J connectivity index is 1.26. The van der Waals surface area contributed by atoms with Gasteiger partial charge in [-0.15, -0.1) is 0 Å². The predicted octanol–water partition coefficient (Wildman–Crippen LogP) is 2.53. The molecule has 4 rings (SSSR count). The molecule has 2 saturated heterocycles. The van der Waals surface area contributed by atoms with Crippen molar-refractivity contribution in [3.63, 3.8) is 0 Å². The van der Waals surface area contributed by atoms with Crippen LogP contribution in [-0.2, 0) is 9.59 Å². The summed E-state index contributed by atoms with van der Waals surface area (Å²) in [6.45, 7) is 5.96. The average molecular weight is 407 g/mol. The highest BCUT2D eigenvalue weighted by atomic mass is 16.2. The maximum absolute atomic E-state index is 12.7. The lowest BCUT2D eigenvalue weighted by Gasteiger charge is -2.34. The summed E-state index contributed by atoms with van der Waals surface area (Å²) in [5.41, 5.74) is 2.95. The molecule has 30 heavy (non-hydrogen) atoms. The van der Waals surface area contributed by atoms with Gasteiger partial charge in [0.05, 0.1) is 13.1 Å². The summed E-state index contributed by atoms with van der Waals surface area (Å²) in [7, 11) is 0. The topological polar surface area (TPSA) is 55.9 Å². The Morgan fingerprint density at radius 2 is 1.33 bits per heavy atom. The number of likely N-dealkylation sites (tertiary alicyclic amines) is 1. The van der Waals surface area contributed by atoms with Gasteiger partial charge in [0, 0.05) is 50.5 Å². The second-order valence-electron chi connectivity index (χ2n) is 8.10. The zero-order chi connectivity index (χ0) is 20.8. The summed E-state index contributed by atoms with van der Waals surface area (Å²) in [5.74, 6) is 0.246. The average Bonchev–Trinajstić information content (AvgIpc) is 3.31. The Morgan fingerprint density at radius 3 is 2.03 bits per heavy atom. The standard InChI is InChI=1S/C24H30N4O2/c29-23(25-22-11-5-4-10-21(22)20-8-2-1-3-9-20)18-26-14-16-27(17-15-26)19-24(30)28-12-6-7-13-28/h1-5,8-11H,6-7,12-19H2,(H,25,29). The number of hydrogen-bond acceptors (Lipinski definition) is 4. The zero-order valence-corrected chi connectivity index (χ0v) is 17.4. The van der Waals surface area contributed by atoms with E-state index in [0.717, 1.165) is 68.9 Å². The Bertz CT molecular complexity index is 857. The van der Waals surface area contributed by atoms with E-state index < -0.39 is 0 Å². The third-order valence-corrected chi connectivity index (χ3v) is 5.94.